The van der Waals surface area contributed by atoms with Crippen LogP contribution < -0.4 is 4.90 Å². The Kier molecular flexibility index (Phi) is 6.18. The number of ether oxygens (including phenoxy) is 1. The molecule has 0 aliphatic rings. The molecule has 8 heteroatoms. The standard InChI is InChI=1S/C17H25N3O3S2/c1-13-16(24-15(19-13)14-7-6-8-18-11-14)20(9-10-25(5,21)22)12-23-17(2,3)4/h6-8,11H,9-10,12H2,1-5H3. The molecule has 0 saturated carbocycles. The fourth-order valence-electron chi connectivity index (χ4n) is 2.07. The predicted octanol–water partition coefficient (Wildman–Crippen LogP) is 3.14. The second-order valence-corrected chi connectivity index (χ2v) is 10.2. The van der Waals surface area contributed by atoms with Crippen LogP contribution in [0.3, 0.4) is 0 Å². The molecule has 0 aliphatic heterocycles. The molecule has 2 rings (SSSR count). The van der Waals surface area contributed by atoms with Crippen molar-refractivity contribution in [2.24, 2.45) is 0 Å². The molecule has 0 saturated heterocycles. The van der Waals surface area contributed by atoms with Gasteiger partial charge in [-0.2, -0.15) is 0 Å². The maximum absolute atomic E-state index is 11.6. The largest absolute Gasteiger partial charge is 0.356 e. The Morgan fingerprint density at radius 2 is 2.04 bits per heavy atom. The molecule has 0 N–H and O–H groups in total. The van der Waals surface area contributed by atoms with Crippen molar-refractivity contribution in [3.63, 3.8) is 0 Å². The van der Waals surface area contributed by atoms with Crippen molar-refractivity contribution < 1.29 is 13.2 Å². The lowest BCUT2D eigenvalue weighted by Crippen LogP contribution is -2.35. The molecule has 2 aromatic rings. The first-order chi connectivity index (χ1) is 11.6. The van der Waals surface area contributed by atoms with Crippen LogP contribution in [-0.4, -0.2) is 49.3 Å². The van der Waals surface area contributed by atoms with Crippen molar-refractivity contribution >= 4 is 26.2 Å². The summed E-state index contributed by atoms with van der Waals surface area (Å²) in [5.41, 5.74) is 1.49. The second kappa shape index (κ2) is 7.80. The lowest BCUT2D eigenvalue weighted by molar-refractivity contribution is -0.00179. The molecule has 2 aromatic heterocycles. The van der Waals surface area contributed by atoms with Crippen molar-refractivity contribution in [1.29, 1.82) is 0 Å². The molecule has 138 valence electrons. The third-order valence-electron chi connectivity index (χ3n) is 3.35. The van der Waals surface area contributed by atoms with E-state index in [4.69, 9.17) is 4.74 Å². The Balaban J connectivity index is 2.27. The zero-order chi connectivity index (χ0) is 18.7. The average molecular weight is 384 g/mol. The number of nitrogens with zero attached hydrogens (tertiary/aromatic N) is 3. The zero-order valence-corrected chi connectivity index (χ0v) is 16.9. The first-order valence-corrected chi connectivity index (χ1v) is 10.9. The van der Waals surface area contributed by atoms with Gasteiger partial charge in [-0.05, 0) is 39.8 Å². The van der Waals surface area contributed by atoms with Crippen molar-refractivity contribution in [2.75, 3.05) is 30.2 Å². The first-order valence-electron chi connectivity index (χ1n) is 7.99. The molecule has 0 aromatic carbocycles. The van der Waals surface area contributed by atoms with Crippen LogP contribution in [0.4, 0.5) is 5.00 Å². The monoisotopic (exact) mass is 383 g/mol. The van der Waals surface area contributed by atoms with Gasteiger partial charge in [0.25, 0.3) is 0 Å². The van der Waals surface area contributed by atoms with Gasteiger partial charge in [-0.3, -0.25) is 4.98 Å². The van der Waals surface area contributed by atoms with E-state index < -0.39 is 9.84 Å². The Hall–Kier alpha value is -1.51. The summed E-state index contributed by atoms with van der Waals surface area (Å²) >= 11 is 1.52. The number of pyridine rings is 1. The number of aromatic nitrogens is 2. The molecule has 0 fully saturated rings. The van der Waals surface area contributed by atoms with E-state index in [0.29, 0.717) is 13.3 Å². The van der Waals surface area contributed by atoms with Crippen LogP contribution in [0.25, 0.3) is 10.6 Å². The number of rotatable bonds is 7. The SMILES string of the molecule is Cc1nc(-c2cccnc2)sc1N(CCS(C)(=O)=O)COC(C)(C)C. The molecule has 0 radical (unpaired) electrons. The van der Waals surface area contributed by atoms with E-state index in [2.05, 4.69) is 9.97 Å². The van der Waals surface area contributed by atoms with Crippen LogP contribution in [0.5, 0.6) is 0 Å². The minimum absolute atomic E-state index is 0.0695. The topological polar surface area (TPSA) is 72.4 Å². The van der Waals surface area contributed by atoms with Gasteiger partial charge in [0.1, 0.15) is 26.6 Å². The summed E-state index contributed by atoms with van der Waals surface area (Å²) < 4.78 is 29.1. The van der Waals surface area contributed by atoms with Gasteiger partial charge in [0.15, 0.2) is 0 Å². The molecular formula is C17H25N3O3S2. The summed E-state index contributed by atoms with van der Waals surface area (Å²) in [6.07, 6.45) is 4.74. The molecule has 0 unspecified atom stereocenters. The quantitative estimate of drug-likeness (QED) is 0.684. The van der Waals surface area contributed by atoms with E-state index in [1.807, 2.05) is 44.7 Å². The molecule has 0 atom stereocenters. The highest BCUT2D eigenvalue weighted by atomic mass is 32.2. The van der Waals surface area contributed by atoms with Crippen molar-refractivity contribution in [2.45, 2.75) is 33.3 Å². The predicted molar refractivity (Wildman–Crippen MR) is 103 cm³/mol. The maximum atomic E-state index is 11.6. The van der Waals surface area contributed by atoms with E-state index in [1.54, 1.807) is 12.4 Å². The normalized spacial score (nSPS) is 12.4. The van der Waals surface area contributed by atoms with Gasteiger partial charge in [0, 0.05) is 30.8 Å². The Bertz CT molecular complexity index is 796. The van der Waals surface area contributed by atoms with E-state index in [1.165, 1.54) is 17.6 Å². The minimum atomic E-state index is -3.06. The Labute approximate surface area is 153 Å². The highest BCUT2D eigenvalue weighted by Gasteiger charge is 2.20. The maximum Gasteiger partial charge on any atom is 0.149 e. The fraction of sp³-hybridized carbons (Fsp3) is 0.529. The summed E-state index contributed by atoms with van der Waals surface area (Å²) in [6, 6.07) is 3.83. The van der Waals surface area contributed by atoms with E-state index in [0.717, 1.165) is 21.3 Å². The molecule has 0 amide bonds. The van der Waals surface area contributed by atoms with Gasteiger partial charge < -0.3 is 9.64 Å². The number of anilines is 1. The van der Waals surface area contributed by atoms with Crippen LogP contribution >= 0.6 is 11.3 Å². The van der Waals surface area contributed by atoms with E-state index in [9.17, 15) is 8.42 Å². The van der Waals surface area contributed by atoms with Gasteiger partial charge in [-0.15, -0.1) is 0 Å². The Morgan fingerprint density at radius 3 is 2.60 bits per heavy atom. The average Bonchev–Trinajstić information content (AvgIpc) is 2.88. The minimum Gasteiger partial charge on any atom is -0.356 e. The van der Waals surface area contributed by atoms with E-state index >= 15 is 0 Å². The number of aryl methyl sites for hydroxylation is 1. The van der Waals surface area contributed by atoms with Crippen LogP contribution in [0.15, 0.2) is 24.5 Å². The molecule has 25 heavy (non-hydrogen) atoms. The Morgan fingerprint density at radius 1 is 1.32 bits per heavy atom. The van der Waals surface area contributed by atoms with Crippen LogP contribution in [0.2, 0.25) is 0 Å². The highest BCUT2D eigenvalue weighted by Crippen LogP contribution is 2.34. The van der Waals surface area contributed by atoms with Crippen molar-refractivity contribution in [1.82, 2.24) is 9.97 Å². The lowest BCUT2D eigenvalue weighted by atomic mass is 10.2. The third-order valence-corrected chi connectivity index (χ3v) is 5.54. The van der Waals surface area contributed by atoms with E-state index in [-0.39, 0.29) is 11.4 Å². The van der Waals surface area contributed by atoms with Gasteiger partial charge in [0.2, 0.25) is 0 Å². The summed E-state index contributed by atoms with van der Waals surface area (Å²) in [7, 11) is -3.06. The fourth-order valence-corrected chi connectivity index (χ4v) is 3.69. The number of hydrogen-bond donors (Lipinski definition) is 0. The highest BCUT2D eigenvalue weighted by molar-refractivity contribution is 7.90. The number of hydrogen-bond acceptors (Lipinski definition) is 7. The van der Waals surface area contributed by atoms with Crippen LogP contribution in [-0.2, 0) is 14.6 Å². The molecule has 6 nitrogen and oxygen atoms in total. The number of sulfone groups is 1. The van der Waals surface area contributed by atoms with Gasteiger partial charge in [-0.25, -0.2) is 13.4 Å². The van der Waals surface area contributed by atoms with Gasteiger partial charge in [0.05, 0.1) is 17.0 Å². The summed E-state index contributed by atoms with van der Waals surface area (Å²) in [6.45, 7) is 8.53. The van der Waals surface area contributed by atoms with Gasteiger partial charge in [-0.1, -0.05) is 11.3 Å². The van der Waals surface area contributed by atoms with Crippen LogP contribution in [0.1, 0.15) is 26.5 Å². The first kappa shape index (κ1) is 19.8. The number of thiazole rings is 1. The molecular weight excluding hydrogens is 358 g/mol. The third kappa shape index (κ3) is 6.37. The summed E-state index contributed by atoms with van der Waals surface area (Å²) in [5.74, 6) is 0.0695. The molecule has 0 spiro atoms. The van der Waals surface area contributed by atoms with Crippen LogP contribution in [0, 0.1) is 6.92 Å². The summed E-state index contributed by atoms with van der Waals surface area (Å²) in [5, 5.41) is 1.78. The van der Waals surface area contributed by atoms with Crippen molar-refractivity contribution in [3.8, 4) is 10.6 Å². The summed E-state index contributed by atoms with van der Waals surface area (Å²) in [4.78, 5) is 10.7. The van der Waals surface area contributed by atoms with Gasteiger partial charge >= 0.3 is 0 Å². The second-order valence-electron chi connectivity index (χ2n) is 6.93. The zero-order valence-electron chi connectivity index (χ0n) is 15.3. The molecule has 0 aliphatic carbocycles. The smallest absolute Gasteiger partial charge is 0.149 e. The lowest BCUT2D eigenvalue weighted by Gasteiger charge is -2.28. The van der Waals surface area contributed by atoms with Crippen molar-refractivity contribution in [3.05, 3.63) is 30.2 Å². The molecule has 2 heterocycles. The molecule has 0 bridgehead atoms.